The number of hydrogen-bond acceptors (Lipinski definition) is 4. The number of aromatic nitrogens is 2. The second kappa shape index (κ2) is 5.69. The summed E-state index contributed by atoms with van der Waals surface area (Å²) in [5.41, 5.74) is 8.78. The lowest BCUT2D eigenvalue weighted by atomic mass is 10.1. The Morgan fingerprint density at radius 1 is 1.05 bits per heavy atom. The van der Waals surface area contributed by atoms with Crippen LogP contribution >= 0.6 is 15.9 Å². The molecule has 0 amide bonds. The van der Waals surface area contributed by atoms with Crippen LogP contribution < -0.4 is 11.1 Å². The first-order valence-electron chi connectivity index (χ1n) is 6.68. The van der Waals surface area contributed by atoms with Crippen LogP contribution in [0.5, 0.6) is 0 Å². The van der Waals surface area contributed by atoms with E-state index >= 15 is 0 Å². The first-order valence-corrected chi connectivity index (χ1v) is 7.47. The van der Waals surface area contributed by atoms with Crippen LogP contribution in [0.4, 0.5) is 11.6 Å². The van der Waals surface area contributed by atoms with Crippen molar-refractivity contribution >= 4 is 38.6 Å². The minimum absolute atomic E-state index is 0.0836. The molecule has 0 bridgehead atoms. The van der Waals surface area contributed by atoms with Crippen molar-refractivity contribution in [3.05, 3.63) is 58.6 Å². The quantitative estimate of drug-likeness (QED) is 0.750. The topological polar surface area (TPSA) is 63.8 Å². The molecule has 0 aliphatic carbocycles. The maximum atomic E-state index is 6.00. The summed E-state index contributed by atoms with van der Waals surface area (Å²) in [5, 5.41) is 3.33. The Kier molecular flexibility index (Phi) is 3.75. The zero-order valence-corrected chi connectivity index (χ0v) is 13.1. The van der Waals surface area contributed by atoms with Gasteiger partial charge in [-0.1, -0.05) is 40.2 Å². The van der Waals surface area contributed by atoms with Crippen LogP contribution in [-0.2, 0) is 0 Å². The van der Waals surface area contributed by atoms with Gasteiger partial charge in [0.2, 0.25) is 0 Å². The summed E-state index contributed by atoms with van der Waals surface area (Å²) in [5.74, 6) is 1.02. The number of nitrogens with zero attached hydrogens (tertiary/aromatic N) is 2. The molecule has 0 radical (unpaired) electrons. The van der Waals surface area contributed by atoms with Crippen LogP contribution in [0.3, 0.4) is 0 Å². The number of nitrogens with one attached hydrogen (secondary N) is 1. The zero-order chi connectivity index (χ0) is 14.8. The van der Waals surface area contributed by atoms with E-state index in [1.54, 1.807) is 0 Å². The Bertz CT molecular complexity index is 788. The van der Waals surface area contributed by atoms with Crippen molar-refractivity contribution in [2.45, 2.75) is 13.0 Å². The fourth-order valence-corrected chi connectivity index (χ4v) is 2.60. The smallest absolute Gasteiger partial charge is 0.170 e. The Balaban J connectivity index is 1.92. The molecule has 0 aliphatic heterocycles. The zero-order valence-electron chi connectivity index (χ0n) is 11.5. The highest BCUT2D eigenvalue weighted by Crippen LogP contribution is 2.25. The lowest BCUT2D eigenvalue weighted by Crippen LogP contribution is -2.11. The van der Waals surface area contributed by atoms with Gasteiger partial charge in [-0.05, 0) is 36.8 Å². The van der Waals surface area contributed by atoms with Crippen LogP contribution in [0.25, 0.3) is 11.0 Å². The van der Waals surface area contributed by atoms with Gasteiger partial charge in [-0.25, -0.2) is 9.97 Å². The number of hydrogen-bond donors (Lipinski definition) is 2. The highest BCUT2D eigenvalue weighted by molar-refractivity contribution is 9.10. The normalized spacial score (nSPS) is 12.3. The summed E-state index contributed by atoms with van der Waals surface area (Å²) >= 11 is 3.48. The fourth-order valence-electron chi connectivity index (χ4n) is 2.18. The van der Waals surface area contributed by atoms with E-state index < -0.39 is 0 Å². The SMILES string of the molecule is CC(Nc1nc2ccccc2nc1N)c1cccc(Br)c1. The largest absolute Gasteiger partial charge is 0.381 e. The van der Waals surface area contributed by atoms with E-state index in [9.17, 15) is 0 Å². The van der Waals surface area contributed by atoms with E-state index in [0.29, 0.717) is 11.6 Å². The molecular formula is C16H15BrN4. The number of fused-ring (bicyclic) bond motifs is 1. The van der Waals surface area contributed by atoms with Crippen LogP contribution in [0.1, 0.15) is 18.5 Å². The lowest BCUT2D eigenvalue weighted by Gasteiger charge is -2.16. The van der Waals surface area contributed by atoms with Gasteiger partial charge in [0.05, 0.1) is 17.1 Å². The highest BCUT2D eigenvalue weighted by atomic mass is 79.9. The van der Waals surface area contributed by atoms with Gasteiger partial charge in [0.1, 0.15) is 0 Å². The second-order valence-corrected chi connectivity index (χ2v) is 5.78. The average molecular weight is 343 g/mol. The molecule has 3 N–H and O–H groups in total. The molecule has 0 saturated heterocycles. The Labute approximate surface area is 131 Å². The van der Waals surface area contributed by atoms with Crippen molar-refractivity contribution in [3.8, 4) is 0 Å². The average Bonchev–Trinajstić information content (AvgIpc) is 2.48. The molecule has 1 heterocycles. The summed E-state index contributed by atoms with van der Waals surface area (Å²) in [6.07, 6.45) is 0. The summed E-state index contributed by atoms with van der Waals surface area (Å²) in [7, 11) is 0. The third kappa shape index (κ3) is 2.97. The number of nitrogen functional groups attached to an aromatic ring is 1. The van der Waals surface area contributed by atoms with E-state index in [2.05, 4.69) is 50.3 Å². The number of nitrogens with two attached hydrogens (primary N) is 1. The Morgan fingerprint density at radius 2 is 1.76 bits per heavy atom. The molecule has 0 fully saturated rings. The van der Waals surface area contributed by atoms with Crippen molar-refractivity contribution in [3.63, 3.8) is 0 Å². The standard InChI is InChI=1S/C16H15BrN4/c1-10(11-5-4-6-12(17)9-11)19-16-15(18)20-13-7-2-3-8-14(13)21-16/h2-10H,1H3,(H2,18,20)(H,19,21). The van der Waals surface area contributed by atoms with E-state index in [1.165, 1.54) is 0 Å². The number of halogens is 1. The Morgan fingerprint density at radius 3 is 2.48 bits per heavy atom. The molecular weight excluding hydrogens is 328 g/mol. The first-order chi connectivity index (χ1) is 10.1. The van der Waals surface area contributed by atoms with Gasteiger partial charge in [0.15, 0.2) is 11.6 Å². The van der Waals surface area contributed by atoms with Crippen molar-refractivity contribution in [1.82, 2.24) is 9.97 Å². The maximum Gasteiger partial charge on any atom is 0.170 e. The number of rotatable bonds is 3. The van der Waals surface area contributed by atoms with Gasteiger partial charge in [0, 0.05) is 4.47 Å². The number of para-hydroxylation sites is 2. The molecule has 21 heavy (non-hydrogen) atoms. The van der Waals surface area contributed by atoms with Crippen LogP contribution in [0.2, 0.25) is 0 Å². The van der Waals surface area contributed by atoms with Gasteiger partial charge in [-0.15, -0.1) is 0 Å². The first kappa shape index (κ1) is 13.8. The molecule has 4 nitrogen and oxygen atoms in total. The third-order valence-electron chi connectivity index (χ3n) is 3.30. The van der Waals surface area contributed by atoms with E-state index in [-0.39, 0.29) is 6.04 Å². The molecule has 1 unspecified atom stereocenters. The van der Waals surface area contributed by atoms with Crippen LogP contribution in [0, 0.1) is 0 Å². The molecule has 1 aromatic heterocycles. The molecule has 1 atom stereocenters. The third-order valence-corrected chi connectivity index (χ3v) is 3.79. The van der Waals surface area contributed by atoms with Gasteiger partial charge in [-0.3, -0.25) is 0 Å². The van der Waals surface area contributed by atoms with Gasteiger partial charge in [-0.2, -0.15) is 0 Å². The molecule has 0 saturated carbocycles. The molecule has 3 rings (SSSR count). The molecule has 106 valence electrons. The van der Waals surface area contributed by atoms with Crippen molar-refractivity contribution in [2.75, 3.05) is 11.1 Å². The van der Waals surface area contributed by atoms with Gasteiger partial charge in [0.25, 0.3) is 0 Å². The van der Waals surface area contributed by atoms with E-state index in [1.807, 2.05) is 36.4 Å². The molecule has 0 spiro atoms. The van der Waals surface area contributed by atoms with Crippen LogP contribution in [0.15, 0.2) is 53.0 Å². The fraction of sp³-hybridized carbons (Fsp3) is 0.125. The second-order valence-electron chi connectivity index (χ2n) is 4.87. The highest BCUT2D eigenvalue weighted by Gasteiger charge is 2.10. The number of anilines is 2. The van der Waals surface area contributed by atoms with Crippen molar-refractivity contribution in [1.29, 1.82) is 0 Å². The minimum Gasteiger partial charge on any atom is -0.381 e. The summed E-state index contributed by atoms with van der Waals surface area (Å²) in [4.78, 5) is 8.94. The van der Waals surface area contributed by atoms with Gasteiger partial charge >= 0.3 is 0 Å². The predicted molar refractivity (Wildman–Crippen MR) is 90.1 cm³/mol. The van der Waals surface area contributed by atoms with Crippen LogP contribution in [-0.4, -0.2) is 9.97 Å². The molecule has 0 aliphatic rings. The number of benzene rings is 2. The maximum absolute atomic E-state index is 6.00. The monoisotopic (exact) mass is 342 g/mol. The predicted octanol–water partition coefficient (Wildman–Crippen LogP) is 4.15. The molecule has 2 aromatic carbocycles. The summed E-state index contributed by atoms with van der Waals surface area (Å²) in [6, 6.07) is 15.9. The Hall–Kier alpha value is -2.14. The van der Waals surface area contributed by atoms with Gasteiger partial charge < -0.3 is 11.1 Å². The van der Waals surface area contributed by atoms with E-state index in [0.717, 1.165) is 21.1 Å². The summed E-state index contributed by atoms with van der Waals surface area (Å²) < 4.78 is 1.05. The van der Waals surface area contributed by atoms with E-state index in [4.69, 9.17) is 5.73 Å². The summed E-state index contributed by atoms with van der Waals surface area (Å²) in [6.45, 7) is 2.07. The molecule has 3 aromatic rings. The van der Waals surface area contributed by atoms with Crippen molar-refractivity contribution in [2.24, 2.45) is 0 Å². The van der Waals surface area contributed by atoms with Crippen molar-refractivity contribution < 1.29 is 0 Å². The minimum atomic E-state index is 0.0836. The molecule has 5 heteroatoms. The lowest BCUT2D eigenvalue weighted by molar-refractivity contribution is 0.874.